The Morgan fingerprint density at radius 2 is 2.06 bits per heavy atom. The van der Waals surface area contributed by atoms with E-state index in [0.29, 0.717) is 13.0 Å². The van der Waals surface area contributed by atoms with Crippen LogP contribution in [0.15, 0.2) is 15.8 Å². The normalized spacial score (nSPS) is 23.3. The van der Waals surface area contributed by atoms with Crippen LogP contribution in [0.3, 0.4) is 0 Å². The van der Waals surface area contributed by atoms with Gasteiger partial charge < -0.3 is 9.30 Å². The zero-order valence-corrected chi connectivity index (χ0v) is 10.7. The van der Waals surface area contributed by atoms with Gasteiger partial charge in [-0.15, -0.1) is 0 Å². The number of nitrogens with zero attached hydrogens (tertiary/aromatic N) is 2. The molecule has 0 N–H and O–H groups in total. The second-order valence-electron chi connectivity index (χ2n) is 4.81. The van der Waals surface area contributed by atoms with Crippen molar-refractivity contribution in [1.29, 1.82) is 0 Å². The van der Waals surface area contributed by atoms with Gasteiger partial charge in [0.2, 0.25) is 5.78 Å². The summed E-state index contributed by atoms with van der Waals surface area (Å²) in [7, 11) is 2.87. The molecule has 98 valence electrons. The summed E-state index contributed by atoms with van der Waals surface area (Å²) in [5.41, 5.74) is -1.96. The number of aromatic nitrogens is 2. The van der Waals surface area contributed by atoms with Crippen LogP contribution in [0, 0.1) is 0 Å². The highest BCUT2D eigenvalue weighted by Crippen LogP contribution is 2.27. The Kier molecular flexibility index (Phi) is 2.98. The van der Waals surface area contributed by atoms with E-state index in [4.69, 9.17) is 4.74 Å². The summed E-state index contributed by atoms with van der Waals surface area (Å²) in [4.78, 5) is 35.9. The summed E-state index contributed by atoms with van der Waals surface area (Å²) in [5, 5.41) is 0. The van der Waals surface area contributed by atoms with Crippen LogP contribution in [-0.4, -0.2) is 27.1 Å². The zero-order chi connectivity index (χ0) is 13.5. The Balaban J connectivity index is 2.56. The molecule has 1 saturated heterocycles. The molecule has 2 rings (SSSR count). The van der Waals surface area contributed by atoms with E-state index in [1.165, 1.54) is 24.9 Å². The van der Waals surface area contributed by atoms with Gasteiger partial charge in [-0.2, -0.15) is 0 Å². The third kappa shape index (κ3) is 1.82. The highest BCUT2D eigenvalue weighted by molar-refractivity contribution is 6.01. The number of Topliss-reactive ketones (excluding diaryl/α,β-unsaturated/α-hetero) is 1. The molecule has 6 heteroatoms. The van der Waals surface area contributed by atoms with E-state index in [9.17, 15) is 14.4 Å². The second kappa shape index (κ2) is 4.20. The summed E-state index contributed by atoms with van der Waals surface area (Å²) in [5.74, 6) is -0.351. The summed E-state index contributed by atoms with van der Waals surface area (Å²) in [6, 6.07) is 0. The monoisotopic (exact) mass is 252 g/mol. The predicted octanol–water partition coefficient (Wildman–Crippen LogP) is -0.164. The van der Waals surface area contributed by atoms with Crippen LogP contribution < -0.4 is 11.2 Å². The molecule has 1 atom stereocenters. The topological polar surface area (TPSA) is 70.3 Å². The van der Waals surface area contributed by atoms with Crippen LogP contribution in [0.2, 0.25) is 0 Å². The van der Waals surface area contributed by atoms with Gasteiger partial charge in [-0.3, -0.25) is 14.2 Å². The fourth-order valence-corrected chi connectivity index (χ4v) is 2.21. The SMILES string of the molecule is Cn1cc(C(=O)C2(C)CCCO2)c(=O)n(C)c1=O. The lowest BCUT2D eigenvalue weighted by atomic mass is 9.93. The van der Waals surface area contributed by atoms with Gasteiger partial charge in [0.05, 0.1) is 0 Å². The summed E-state index contributed by atoms with van der Waals surface area (Å²) in [6.07, 6.45) is 2.69. The van der Waals surface area contributed by atoms with Gasteiger partial charge in [0.25, 0.3) is 5.56 Å². The van der Waals surface area contributed by atoms with E-state index in [2.05, 4.69) is 0 Å². The molecule has 18 heavy (non-hydrogen) atoms. The number of ketones is 1. The number of hydrogen-bond acceptors (Lipinski definition) is 4. The first-order valence-corrected chi connectivity index (χ1v) is 5.82. The molecule has 1 aromatic rings. The van der Waals surface area contributed by atoms with Gasteiger partial charge in [0.1, 0.15) is 11.2 Å². The van der Waals surface area contributed by atoms with Crippen molar-refractivity contribution in [2.75, 3.05) is 6.61 Å². The molecule has 0 saturated carbocycles. The Morgan fingerprint density at radius 3 is 2.61 bits per heavy atom. The van der Waals surface area contributed by atoms with Gasteiger partial charge in [-0.25, -0.2) is 4.79 Å². The molecular weight excluding hydrogens is 236 g/mol. The molecule has 0 spiro atoms. The minimum absolute atomic E-state index is 0.00370. The average Bonchev–Trinajstić information content (AvgIpc) is 2.78. The molecule has 1 aliphatic rings. The average molecular weight is 252 g/mol. The largest absolute Gasteiger partial charge is 0.367 e. The highest BCUT2D eigenvalue weighted by Gasteiger charge is 2.39. The fourth-order valence-electron chi connectivity index (χ4n) is 2.21. The predicted molar refractivity (Wildman–Crippen MR) is 64.8 cm³/mol. The number of rotatable bonds is 2. The van der Waals surface area contributed by atoms with Crippen molar-refractivity contribution in [3.63, 3.8) is 0 Å². The summed E-state index contributed by atoms with van der Waals surface area (Å²) in [6.45, 7) is 2.21. The van der Waals surface area contributed by atoms with Crippen LogP contribution in [0.5, 0.6) is 0 Å². The lowest BCUT2D eigenvalue weighted by molar-refractivity contribution is 0.0211. The van der Waals surface area contributed by atoms with Crippen molar-refractivity contribution in [2.45, 2.75) is 25.4 Å². The molecule has 2 heterocycles. The standard InChI is InChI=1S/C12H16N2O4/c1-12(5-4-6-18-12)9(15)8-7-13(2)11(17)14(3)10(8)16/h7H,4-6H2,1-3H3. The first kappa shape index (κ1) is 12.8. The van der Waals surface area contributed by atoms with Crippen LogP contribution in [0.4, 0.5) is 0 Å². The molecule has 0 bridgehead atoms. The fraction of sp³-hybridized carbons (Fsp3) is 0.583. The maximum absolute atomic E-state index is 12.4. The van der Waals surface area contributed by atoms with Crippen molar-refractivity contribution >= 4 is 5.78 Å². The zero-order valence-electron chi connectivity index (χ0n) is 10.7. The van der Waals surface area contributed by atoms with Crippen LogP contribution in [0.1, 0.15) is 30.1 Å². The van der Waals surface area contributed by atoms with Crippen molar-refractivity contribution in [2.24, 2.45) is 14.1 Å². The third-order valence-corrected chi connectivity index (χ3v) is 3.39. The number of carbonyl (C=O) groups excluding carboxylic acids is 1. The van der Waals surface area contributed by atoms with Gasteiger partial charge >= 0.3 is 5.69 Å². The van der Waals surface area contributed by atoms with E-state index >= 15 is 0 Å². The number of hydrogen-bond donors (Lipinski definition) is 0. The Morgan fingerprint density at radius 1 is 1.39 bits per heavy atom. The van der Waals surface area contributed by atoms with E-state index in [0.717, 1.165) is 11.0 Å². The van der Waals surface area contributed by atoms with E-state index in [1.54, 1.807) is 6.92 Å². The first-order valence-electron chi connectivity index (χ1n) is 5.82. The van der Waals surface area contributed by atoms with Crippen LogP contribution in [-0.2, 0) is 18.8 Å². The maximum atomic E-state index is 12.4. The first-order chi connectivity index (χ1) is 8.37. The minimum atomic E-state index is -0.941. The molecule has 1 aliphatic heterocycles. The maximum Gasteiger partial charge on any atom is 0.330 e. The Labute approximate surface area is 104 Å². The van der Waals surface area contributed by atoms with E-state index < -0.39 is 16.9 Å². The quantitative estimate of drug-likeness (QED) is 0.685. The molecule has 0 radical (unpaired) electrons. The van der Waals surface area contributed by atoms with Gasteiger partial charge in [-0.1, -0.05) is 0 Å². The molecular formula is C12H16N2O4. The Bertz CT molecular complexity index is 605. The van der Waals surface area contributed by atoms with Gasteiger partial charge in [-0.05, 0) is 19.8 Å². The number of aryl methyl sites for hydroxylation is 1. The number of ether oxygens (including phenoxy) is 1. The smallest absolute Gasteiger partial charge is 0.330 e. The van der Waals surface area contributed by atoms with Crippen molar-refractivity contribution in [3.8, 4) is 0 Å². The van der Waals surface area contributed by atoms with E-state index in [1.807, 2.05) is 0 Å². The third-order valence-electron chi connectivity index (χ3n) is 3.39. The van der Waals surface area contributed by atoms with Crippen molar-refractivity contribution in [3.05, 3.63) is 32.6 Å². The molecule has 6 nitrogen and oxygen atoms in total. The highest BCUT2D eigenvalue weighted by atomic mass is 16.5. The van der Waals surface area contributed by atoms with Crippen molar-refractivity contribution < 1.29 is 9.53 Å². The Hall–Kier alpha value is -1.69. The molecule has 0 aromatic carbocycles. The summed E-state index contributed by atoms with van der Waals surface area (Å²) >= 11 is 0. The molecule has 0 aliphatic carbocycles. The molecule has 1 aromatic heterocycles. The second-order valence-corrected chi connectivity index (χ2v) is 4.81. The van der Waals surface area contributed by atoms with E-state index in [-0.39, 0.29) is 11.3 Å². The lowest BCUT2D eigenvalue weighted by Crippen LogP contribution is -2.44. The van der Waals surface area contributed by atoms with Crippen molar-refractivity contribution in [1.82, 2.24) is 9.13 Å². The molecule has 1 unspecified atom stereocenters. The van der Waals surface area contributed by atoms with Gasteiger partial charge in [0.15, 0.2) is 0 Å². The van der Waals surface area contributed by atoms with Gasteiger partial charge in [0, 0.05) is 26.9 Å². The minimum Gasteiger partial charge on any atom is -0.367 e. The van der Waals surface area contributed by atoms with Crippen LogP contribution >= 0.6 is 0 Å². The van der Waals surface area contributed by atoms with Crippen LogP contribution in [0.25, 0.3) is 0 Å². The number of carbonyl (C=O) groups is 1. The summed E-state index contributed by atoms with van der Waals surface area (Å²) < 4.78 is 7.60. The molecule has 1 fully saturated rings. The lowest BCUT2D eigenvalue weighted by Gasteiger charge is -2.21. The molecule has 0 amide bonds.